The molecule has 0 fully saturated rings. The quantitative estimate of drug-likeness (QED) is 0.498. The summed E-state index contributed by atoms with van der Waals surface area (Å²) in [6, 6.07) is 7.44. The van der Waals surface area contributed by atoms with Gasteiger partial charge in [0.2, 0.25) is 0 Å². The Morgan fingerprint density at radius 1 is 1.22 bits per heavy atom. The van der Waals surface area contributed by atoms with Crippen molar-refractivity contribution >= 4 is 16.7 Å². The minimum atomic E-state index is -0.253. The molecule has 0 unspecified atom stereocenters. The van der Waals surface area contributed by atoms with Gasteiger partial charge in [-0.2, -0.15) is 0 Å². The first-order valence-electron chi connectivity index (χ1n) is 6.53. The number of hydrogen-bond acceptors (Lipinski definition) is 3. The Morgan fingerprint density at radius 3 is 2.83 bits per heavy atom. The van der Waals surface area contributed by atoms with Crippen LogP contribution in [0.25, 0.3) is 11.0 Å². The van der Waals surface area contributed by atoms with E-state index in [9.17, 15) is 4.79 Å². The molecule has 18 heavy (non-hydrogen) atoms. The van der Waals surface area contributed by atoms with E-state index in [0.29, 0.717) is 11.3 Å². The number of rotatable bonds is 5. The van der Waals surface area contributed by atoms with Gasteiger partial charge in [0.1, 0.15) is 0 Å². The van der Waals surface area contributed by atoms with Crippen molar-refractivity contribution in [2.75, 3.05) is 5.73 Å². The van der Waals surface area contributed by atoms with E-state index in [-0.39, 0.29) is 5.63 Å². The maximum Gasteiger partial charge on any atom is 0.339 e. The largest absolute Gasteiger partial charge is 0.420 e. The van der Waals surface area contributed by atoms with E-state index in [2.05, 4.69) is 6.92 Å². The minimum absolute atomic E-state index is 0.253. The first-order valence-corrected chi connectivity index (χ1v) is 6.53. The summed E-state index contributed by atoms with van der Waals surface area (Å²) in [5, 5.41) is 0.903. The van der Waals surface area contributed by atoms with Gasteiger partial charge >= 0.3 is 5.63 Å². The third-order valence-electron chi connectivity index (χ3n) is 3.16. The maximum atomic E-state index is 11.8. The standard InChI is InChI=1S/C15H19NO2/c1-2-3-4-5-7-12-10-11-8-6-9-13(16)14(11)18-15(12)17/h6,8-10H,2-5,7,16H2,1H3. The van der Waals surface area contributed by atoms with E-state index in [4.69, 9.17) is 10.2 Å². The zero-order valence-electron chi connectivity index (χ0n) is 10.7. The van der Waals surface area contributed by atoms with Gasteiger partial charge in [0.25, 0.3) is 0 Å². The fraction of sp³-hybridized carbons (Fsp3) is 0.400. The van der Waals surface area contributed by atoms with Crippen LogP contribution in [0.3, 0.4) is 0 Å². The highest BCUT2D eigenvalue weighted by atomic mass is 16.4. The third-order valence-corrected chi connectivity index (χ3v) is 3.16. The van der Waals surface area contributed by atoms with E-state index in [1.54, 1.807) is 6.07 Å². The molecule has 0 saturated carbocycles. The number of para-hydroxylation sites is 1. The van der Waals surface area contributed by atoms with Crippen LogP contribution in [0.2, 0.25) is 0 Å². The number of nitrogens with two attached hydrogens (primary N) is 1. The number of hydrogen-bond donors (Lipinski definition) is 1. The van der Waals surface area contributed by atoms with Crippen LogP contribution >= 0.6 is 0 Å². The van der Waals surface area contributed by atoms with Crippen molar-refractivity contribution in [3.63, 3.8) is 0 Å². The second kappa shape index (κ2) is 5.71. The third kappa shape index (κ3) is 2.73. The minimum Gasteiger partial charge on any atom is -0.420 e. The Balaban J connectivity index is 2.24. The molecule has 2 N–H and O–H groups in total. The molecule has 0 aliphatic carbocycles. The predicted molar refractivity (Wildman–Crippen MR) is 74.7 cm³/mol. The highest BCUT2D eigenvalue weighted by Gasteiger charge is 2.06. The molecule has 0 atom stereocenters. The SMILES string of the molecule is CCCCCCc1cc2cccc(N)c2oc1=O. The Morgan fingerprint density at radius 2 is 2.06 bits per heavy atom. The molecule has 2 rings (SSSR count). The maximum absolute atomic E-state index is 11.8. The number of benzene rings is 1. The summed E-state index contributed by atoms with van der Waals surface area (Å²) in [5.41, 5.74) is 7.30. The fourth-order valence-electron chi connectivity index (χ4n) is 2.13. The van der Waals surface area contributed by atoms with Crippen molar-refractivity contribution in [1.29, 1.82) is 0 Å². The molecule has 0 amide bonds. The first-order chi connectivity index (χ1) is 8.72. The number of unbranched alkanes of at least 4 members (excludes halogenated alkanes) is 3. The molecule has 3 heteroatoms. The van der Waals surface area contributed by atoms with Crippen molar-refractivity contribution < 1.29 is 4.42 Å². The Hall–Kier alpha value is -1.77. The van der Waals surface area contributed by atoms with Gasteiger partial charge in [0.15, 0.2) is 5.58 Å². The topological polar surface area (TPSA) is 56.2 Å². The lowest BCUT2D eigenvalue weighted by atomic mass is 10.1. The van der Waals surface area contributed by atoms with E-state index < -0.39 is 0 Å². The zero-order chi connectivity index (χ0) is 13.0. The van der Waals surface area contributed by atoms with Crippen LogP contribution in [0.5, 0.6) is 0 Å². The second-order valence-electron chi connectivity index (χ2n) is 4.64. The predicted octanol–water partition coefficient (Wildman–Crippen LogP) is 3.50. The number of anilines is 1. The monoisotopic (exact) mass is 245 g/mol. The van der Waals surface area contributed by atoms with Crippen LogP contribution in [-0.2, 0) is 6.42 Å². The molecular weight excluding hydrogens is 226 g/mol. The fourth-order valence-corrected chi connectivity index (χ4v) is 2.13. The van der Waals surface area contributed by atoms with Crippen molar-refractivity contribution in [3.05, 3.63) is 40.2 Å². The Kier molecular flexibility index (Phi) is 4.03. The van der Waals surface area contributed by atoms with E-state index in [1.807, 2.05) is 18.2 Å². The van der Waals surface area contributed by atoms with Crippen LogP contribution in [0.15, 0.2) is 33.5 Å². The van der Waals surface area contributed by atoms with Crippen LogP contribution < -0.4 is 11.4 Å². The van der Waals surface area contributed by atoms with Gasteiger partial charge in [-0.3, -0.25) is 0 Å². The molecule has 1 heterocycles. The Labute approximate surface area is 107 Å². The van der Waals surface area contributed by atoms with Gasteiger partial charge in [-0.15, -0.1) is 0 Å². The number of fused-ring (bicyclic) bond motifs is 1. The summed E-state index contributed by atoms with van der Waals surface area (Å²) in [7, 11) is 0. The summed E-state index contributed by atoms with van der Waals surface area (Å²) < 4.78 is 5.30. The van der Waals surface area contributed by atoms with Gasteiger partial charge in [0.05, 0.1) is 5.69 Å². The van der Waals surface area contributed by atoms with E-state index >= 15 is 0 Å². The summed E-state index contributed by atoms with van der Waals surface area (Å²) in [5.74, 6) is 0. The summed E-state index contributed by atoms with van der Waals surface area (Å²) in [6.45, 7) is 2.17. The van der Waals surface area contributed by atoms with Gasteiger partial charge in [-0.1, -0.05) is 38.3 Å². The zero-order valence-corrected chi connectivity index (χ0v) is 10.7. The summed E-state index contributed by atoms with van der Waals surface area (Å²) >= 11 is 0. The molecular formula is C15H19NO2. The number of nitrogen functional groups attached to an aromatic ring is 1. The Bertz CT molecular complexity index is 587. The molecule has 1 aromatic carbocycles. The van der Waals surface area contributed by atoms with Gasteiger partial charge in [-0.25, -0.2) is 4.79 Å². The molecule has 3 nitrogen and oxygen atoms in total. The highest BCUT2D eigenvalue weighted by Crippen LogP contribution is 2.20. The lowest BCUT2D eigenvalue weighted by Gasteiger charge is -2.03. The molecule has 0 aliphatic rings. The average Bonchev–Trinajstić information content (AvgIpc) is 2.36. The summed E-state index contributed by atoms with van der Waals surface area (Å²) in [6.07, 6.45) is 5.39. The van der Waals surface area contributed by atoms with Crippen LogP contribution in [0.1, 0.15) is 38.2 Å². The second-order valence-corrected chi connectivity index (χ2v) is 4.64. The van der Waals surface area contributed by atoms with Gasteiger partial charge in [0, 0.05) is 10.9 Å². The van der Waals surface area contributed by atoms with Gasteiger partial charge < -0.3 is 10.2 Å². The normalized spacial score (nSPS) is 10.9. The molecule has 0 spiro atoms. The van der Waals surface area contributed by atoms with Crippen molar-refractivity contribution in [3.8, 4) is 0 Å². The van der Waals surface area contributed by atoms with Gasteiger partial charge in [-0.05, 0) is 25.0 Å². The van der Waals surface area contributed by atoms with Crippen molar-refractivity contribution in [2.24, 2.45) is 0 Å². The molecule has 96 valence electrons. The summed E-state index contributed by atoms with van der Waals surface area (Å²) in [4.78, 5) is 11.8. The van der Waals surface area contributed by atoms with Crippen molar-refractivity contribution in [1.82, 2.24) is 0 Å². The van der Waals surface area contributed by atoms with Crippen molar-refractivity contribution in [2.45, 2.75) is 39.0 Å². The first kappa shape index (κ1) is 12.7. The average molecular weight is 245 g/mol. The lowest BCUT2D eigenvalue weighted by molar-refractivity contribution is 0.546. The lowest BCUT2D eigenvalue weighted by Crippen LogP contribution is -2.07. The van der Waals surface area contributed by atoms with E-state index in [1.165, 1.54) is 12.8 Å². The smallest absolute Gasteiger partial charge is 0.339 e. The highest BCUT2D eigenvalue weighted by molar-refractivity contribution is 5.87. The molecule has 1 aromatic heterocycles. The van der Waals surface area contributed by atoms with E-state index in [0.717, 1.165) is 30.2 Å². The molecule has 0 bridgehead atoms. The molecule has 0 aliphatic heterocycles. The molecule has 0 radical (unpaired) electrons. The van der Waals surface area contributed by atoms with Crippen LogP contribution in [0, 0.1) is 0 Å². The molecule has 2 aromatic rings. The number of aryl methyl sites for hydroxylation is 1. The molecule has 0 saturated heterocycles. The van der Waals surface area contributed by atoms with Crippen LogP contribution in [-0.4, -0.2) is 0 Å². The van der Waals surface area contributed by atoms with Crippen LogP contribution in [0.4, 0.5) is 5.69 Å².